The molecule has 0 saturated heterocycles. The van der Waals surface area contributed by atoms with Crippen LogP contribution in [0.4, 0.5) is 0 Å². The van der Waals surface area contributed by atoms with Crippen molar-refractivity contribution in [1.29, 1.82) is 0 Å². The van der Waals surface area contributed by atoms with Gasteiger partial charge in [-0.1, -0.05) is 115 Å². The molecule has 0 aliphatic rings. The second kappa shape index (κ2) is 9.88. The van der Waals surface area contributed by atoms with Gasteiger partial charge in [0.25, 0.3) is 0 Å². The van der Waals surface area contributed by atoms with E-state index in [9.17, 15) is 0 Å². The van der Waals surface area contributed by atoms with E-state index in [4.69, 9.17) is 4.42 Å². The summed E-state index contributed by atoms with van der Waals surface area (Å²) in [6, 6.07) is 46.1. The summed E-state index contributed by atoms with van der Waals surface area (Å²) >= 11 is 0. The van der Waals surface area contributed by atoms with Gasteiger partial charge in [0.05, 0.1) is 0 Å². The fourth-order valence-corrected chi connectivity index (χ4v) is 5.04. The average Bonchev–Trinajstić information content (AvgIpc) is 3.51. The molecule has 0 aliphatic carbocycles. The van der Waals surface area contributed by atoms with E-state index < -0.39 is 0 Å². The molecule has 6 aromatic carbocycles. The summed E-state index contributed by atoms with van der Waals surface area (Å²) in [6.45, 7) is 0. The van der Waals surface area contributed by atoms with Crippen molar-refractivity contribution in [1.82, 2.24) is 10.2 Å². The highest BCUT2D eigenvalue weighted by molar-refractivity contribution is 6.07. The van der Waals surface area contributed by atoms with Gasteiger partial charge in [0.2, 0.25) is 11.8 Å². The van der Waals surface area contributed by atoms with E-state index in [1.54, 1.807) is 0 Å². The molecule has 7 aromatic rings. The second-order valence-electron chi connectivity index (χ2n) is 9.54. The summed E-state index contributed by atoms with van der Waals surface area (Å²) in [4.78, 5) is 0. The van der Waals surface area contributed by atoms with Crippen LogP contribution in [0, 0.1) is 0 Å². The molecule has 0 unspecified atom stereocenters. The quantitative estimate of drug-likeness (QED) is 0.174. The Bertz CT molecular complexity index is 1880. The van der Waals surface area contributed by atoms with Crippen molar-refractivity contribution in [2.24, 2.45) is 0 Å². The highest BCUT2D eigenvalue weighted by Gasteiger charge is 2.11. The highest BCUT2D eigenvalue weighted by atomic mass is 16.4. The molecule has 7 rings (SSSR count). The summed E-state index contributed by atoms with van der Waals surface area (Å²) in [5.74, 6) is 1.02. The van der Waals surface area contributed by atoms with Crippen LogP contribution < -0.4 is 0 Å². The maximum absolute atomic E-state index is 6.03. The van der Waals surface area contributed by atoms with Crippen LogP contribution in [0.25, 0.3) is 67.7 Å². The van der Waals surface area contributed by atoms with Crippen LogP contribution >= 0.6 is 0 Å². The van der Waals surface area contributed by atoms with Gasteiger partial charge in [0.1, 0.15) is 0 Å². The van der Waals surface area contributed by atoms with E-state index in [1.807, 2.05) is 42.5 Å². The van der Waals surface area contributed by atoms with Crippen molar-refractivity contribution in [2.45, 2.75) is 0 Å². The van der Waals surface area contributed by atoms with Gasteiger partial charge in [-0.2, -0.15) is 0 Å². The molecular weight excluding hydrogens is 476 g/mol. The summed E-state index contributed by atoms with van der Waals surface area (Å²) < 4.78 is 6.03. The normalized spacial score (nSPS) is 11.5. The largest absolute Gasteiger partial charge is 0.416 e. The summed E-state index contributed by atoms with van der Waals surface area (Å²) in [7, 11) is 0. The SMILES string of the molecule is C(=Cc1c2ccccc2cc2ccccc12)c1ccc(-c2nnc(-c3ccc(-c4ccccc4)cc3)o2)cc1. The maximum atomic E-state index is 6.03. The van der Waals surface area contributed by atoms with Crippen molar-refractivity contribution in [2.75, 3.05) is 0 Å². The molecule has 184 valence electrons. The maximum Gasteiger partial charge on any atom is 0.248 e. The predicted octanol–water partition coefficient (Wildman–Crippen LogP) is 9.55. The van der Waals surface area contributed by atoms with Crippen molar-refractivity contribution >= 4 is 33.7 Å². The number of fused-ring (bicyclic) bond motifs is 2. The minimum atomic E-state index is 0.507. The molecule has 1 heterocycles. The molecule has 0 fully saturated rings. The summed E-state index contributed by atoms with van der Waals surface area (Å²) in [5, 5.41) is 13.6. The van der Waals surface area contributed by atoms with Gasteiger partial charge in [0, 0.05) is 11.1 Å². The zero-order valence-electron chi connectivity index (χ0n) is 21.2. The summed E-state index contributed by atoms with van der Waals surface area (Å²) in [5.41, 5.74) is 6.45. The Hall–Kier alpha value is -5.28. The van der Waals surface area contributed by atoms with Gasteiger partial charge < -0.3 is 4.42 Å². The molecule has 39 heavy (non-hydrogen) atoms. The van der Waals surface area contributed by atoms with Crippen molar-refractivity contribution in [3.8, 4) is 34.0 Å². The Morgan fingerprint density at radius 1 is 0.436 bits per heavy atom. The Morgan fingerprint density at radius 3 is 1.54 bits per heavy atom. The number of nitrogens with zero attached hydrogens (tertiary/aromatic N) is 2. The standard InChI is InChI=1S/C36H24N2O/c1-2-8-26(9-3-1)27-19-21-29(22-20-27)36-38-37-35(39-36)28-17-14-25(15-18-28)16-23-34-32-12-6-4-10-30(32)24-31-11-5-7-13-33(31)34/h1-24H. The van der Waals surface area contributed by atoms with Crippen LogP contribution in [-0.2, 0) is 0 Å². The summed E-state index contributed by atoms with van der Waals surface area (Å²) in [6.07, 6.45) is 4.37. The molecule has 0 bridgehead atoms. The molecule has 0 aliphatic heterocycles. The monoisotopic (exact) mass is 500 g/mol. The van der Waals surface area contributed by atoms with E-state index in [0.717, 1.165) is 22.3 Å². The molecule has 0 amide bonds. The van der Waals surface area contributed by atoms with Crippen LogP contribution in [0.1, 0.15) is 11.1 Å². The van der Waals surface area contributed by atoms with E-state index in [1.165, 1.54) is 32.7 Å². The van der Waals surface area contributed by atoms with Gasteiger partial charge in [0.15, 0.2) is 0 Å². The van der Waals surface area contributed by atoms with Crippen molar-refractivity contribution in [3.63, 3.8) is 0 Å². The third-order valence-electron chi connectivity index (χ3n) is 7.08. The third kappa shape index (κ3) is 4.51. The van der Waals surface area contributed by atoms with Crippen molar-refractivity contribution < 1.29 is 4.42 Å². The Balaban J connectivity index is 1.14. The number of benzene rings is 6. The number of hydrogen-bond acceptors (Lipinski definition) is 3. The molecule has 0 radical (unpaired) electrons. The predicted molar refractivity (Wildman–Crippen MR) is 161 cm³/mol. The Morgan fingerprint density at radius 2 is 0.923 bits per heavy atom. The van der Waals surface area contributed by atoms with Gasteiger partial charge in [-0.3, -0.25) is 0 Å². The lowest BCUT2D eigenvalue weighted by molar-refractivity contribution is 0.584. The highest BCUT2D eigenvalue weighted by Crippen LogP contribution is 2.31. The Labute approximate surface area is 226 Å². The first-order valence-corrected chi connectivity index (χ1v) is 13.0. The first-order valence-electron chi connectivity index (χ1n) is 13.0. The van der Waals surface area contributed by atoms with E-state index >= 15 is 0 Å². The van der Waals surface area contributed by atoms with Gasteiger partial charge in [-0.05, 0) is 74.1 Å². The van der Waals surface area contributed by atoms with Crippen LogP contribution in [-0.4, -0.2) is 10.2 Å². The average molecular weight is 501 g/mol. The fraction of sp³-hybridized carbons (Fsp3) is 0. The lowest BCUT2D eigenvalue weighted by Crippen LogP contribution is -1.83. The minimum absolute atomic E-state index is 0.507. The lowest BCUT2D eigenvalue weighted by Gasteiger charge is -2.08. The van der Waals surface area contributed by atoms with Crippen LogP contribution in [0.2, 0.25) is 0 Å². The Kier molecular flexibility index (Phi) is 5.80. The topological polar surface area (TPSA) is 38.9 Å². The molecule has 1 aromatic heterocycles. The smallest absolute Gasteiger partial charge is 0.248 e. The van der Waals surface area contributed by atoms with E-state index in [0.29, 0.717) is 11.8 Å². The minimum Gasteiger partial charge on any atom is -0.416 e. The molecule has 0 spiro atoms. The van der Waals surface area contributed by atoms with Crippen LogP contribution in [0.5, 0.6) is 0 Å². The number of aromatic nitrogens is 2. The molecular formula is C36H24N2O. The van der Waals surface area contributed by atoms with E-state index in [2.05, 4.69) is 113 Å². The zero-order chi connectivity index (χ0) is 26.0. The molecule has 0 saturated carbocycles. The van der Waals surface area contributed by atoms with Crippen LogP contribution in [0.3, 0.4) is 0 Å². The first kappa shape index (κ1) is 22.9. The zero-order valence-corrected chi connectivity index (χ0v) is 21.2. The second-order valence-corrected chi connectivity index (χ2v) is 9.54. The van der Waals surface area contributed by atoms with Gasteiger partial charge in [-0.15, -0.1) is 10.2 Å². The fourth-order valence-electron chi connectivity index (χ4n) is 5.04. The number of rotatable bonds is 5. The lowest BCUT2D eigenvalue weighted by atomic mass is 9.96. The molecule has 0 atom stereocenters. The molecule has 3 heteroatoms. The van der Waals surface area contributed by atoms with Gasteiger partial charge >= 0.3 is 0 Å². The molecule has 0 N–H and O–H groups in total. The van der Waals surface area contributed by atoms with E-state index in [-0.39, 0.29) is 0 Å². The van der Waals surface area contributed by atoms with Crippen molar-refractivity contribution in [3.05, 3.63) is 145 Å². The van der Waals surface area contributed by atoms with Crippen LogP contribution in [0.15, 0.2) is 138 Å². The third-order valence-corrected chi connectivity index (χ3v) is 7.08. The van der Waals surface area contributed by atoms with Gasteiger partial charge in [-0.25, -0.2) is 0 Å². The number of hydrogen-bond donors (Lipinski definition) is 0. The molecule has 3 nitrogen and oxygen atoms in total. The first-order chi connectivity index (χ1) is 19.3.